The van der Waals surface area contributed by atoms with Gasteiger partial charge in [0.25, 0.3) is 0 Å². The van der Waals surface area contributed by atoms with Gasteiger partial charge in [0.05, 0.1) is 13.7 Å². The number of hydrogen-bond donors (Lipinski definition) is 2. The van der Waals surface area contributed by atoms with Gasteiger partial charge >= 0.3 is 0 Å². The van der Waals surface area contributed by atoms with E-state index < -0.39 is 0 Å². The van der Waals surface area contributed by atoms with E-state index in [4.69, 9.17) is 9.84 Å². The number of benzene rings is 1. The van der Waals surface area contributed by atoms with Crippen molar-refractivity contribution in [2.24, 2.45) is 0 Å². The van der Waals surface area contributed by atoms with Gasteiger partial charge in [-0.05, 0) is 20.0 Å². The van der Waals surface area contributed by atoms with Crippen LogP contribution in [0.25, 0.3) is 0 Å². The van der Waals surface area contributed by atoms with Gasteiger partial charge in [-0.3, -0.25) is 4.90 Å². The van der Waals surface area contributed by atoms with Crippen molar-refractivity contribution in [2.45, 2.75) is 13.0 Å². The molecule has 1 aromatic rings. The zero-order chi connectivity index (χ0) is 13.4. The van der Waals surface area contributed by atoms with E-state index in [1.54, 1.807) is 7.11 Å². The van der Waals surface area contributed by atoms with Crippen LogP contribution in [0.2, 0.25) is 0 Å². The zero-order valence-corrected chi connectivity index (χ0v) is 11.5. The number of ether oxygens (including phenoxy) is 1. The summed E-state index contributed by atoms with van der Waals surface area (Å²) in [6.07, 6.45) is 0. The topological polar surface area (TPSA) is 44.7 Å². The maximum absolute atomic E-state index is 9.16. The summed E-state index contributed by atoms with van der Waals surface area (Å²) in [5, 5.41) is 12.3. The van der Waals surface area contributed by atoms with E-state index in [0.717, 1.165) is 24.4 Å². The van der Waals surface area contributed by atoms with Crippen molar-refractivity contribution in [3.8, 4) is 5.75 Å². The average molecular weight is 252 g/mol. The molecule has 0 bridgehead atoms. The first kappa shape index (κ1) is 15.0. The minimum Gasteiger partial charge on any atom is -0.496 e. The molecule has 0 unspecified atom stereocenters. The molecule has 18 heavy (non-hydrogen) atoms. The van der Waals surface area contributed by atoms with Crippen LogP contribution in [0.3, 0.4) is 0 Å². The first-order chi connectivity index (χ1) is 8.74. The Hall–Kier alpha value is -1.10. The number of methoxy groups -OCH3 is 1. The van der Waals surface area contributed by atoms with Crippen LogP contribution in [0.4, 0.5) is 0 Å². The third-order valence-corrected chi connectivity index (χ3v) is 3.17. The van der Waals surface area contributed by atoms with Crippen LogP contribution in [0.5, 0.6) is 5.75 Å². The van der Waals surface area contributed by atoms with Gasteiger partial charge in [0, 0.05) is 31.2 Å². The van der Waals surface area contributed by atoms with Crippen molar-refractivity contribution >= 4 is 0 Å². The Morgan fingerprint density at radius 3 is 2.67 bits per heavy atom. The Kier molecular flexibility index (Phi) is 6.72. The molecule has 2 N–H and O–H groups in total. The maximum atomic E-state index is 9.16. The summed E-state index contributed by atoms with van der Waals surface area (Å²) in [4.78, 5) is 2.24. The van der Waals surface area contributed by atoms with E-state index in [2.05, 4.69) is 23.2 Å². The molecule has 4 heteroatoms. The summed E-state index contributed by atoms with van der Waals surface area (Å²) in [5.41, 5.74) is 1.16. The third kappa shape index (κ3) is 3.98. The maximum Gasteiger partial charge on any atom is 0.123 e. The molecule has 0 spiro atoms. The van der Waals surface area contributed by atoms with Crippen molar-refractivity contribution in [2.75, 3.05) is 40.4 Å². The van der Waals surface area contributed by atoms with Gasteiger partial charge in [-0.2, -0.15) is 0 Å². The first-order valence-corrected chi connectivity index (χ1v) is 6.37. The molecule has 0 aliphatic carbocycles. The number of nitrogens with zero attached hydrogens (tertiary/aromatic N) is 1. The Labute approximate surface area is 110 Å². The quantitative estimate of drug-likeness (QED) is 0.731. The van der Waals surface area contributed by atoms with E-state index in [9.17, 15) is 0 Å². The molecular formula is C14H24N2O2. The number of likely N-dealkylation sites (N-methyl/N-ethyl adjacent to an activating group) is 1. The standard InChI is InChI=1S/C14H24N2O2/c1-12(16(10-11-17)9-8-15-2)13-6-4-5-7-14(13)18-3/h4-7,12,15,17H,8-11H2,1-3H3/t12-/m0/s1. The molecule has 4 nitrogen and oxygen atoms in total. The van der Waals surface area contributed by atoms with E-state index in [1.165, 1.54) is 0 Å². The predicted octanol–water partition coefficient (Wildman–Crippen LogP) is 1.27. The number of aliphatic hydroxyl groups excluding tert-OH is 1. The van der Waals surface area contributed by atoms with Gasteiger partial charge in [0.15, 0.2) is 0 Å². The fraction of sp³-hybridized carbons (Fsp3) is 0.571. The van der Waals surface area contributed by atoms with Gasteiger partial charge < -0.3 is 15.2 Å². The number of aliphatic hydroxyl groups is 1. The molecule has 0 aliphatic rings. The molecule has 0 aliphatic heterocycles. The largest absolute Gasteiger partial charge is 0.496 e. The summed E-state index contributed by atoms with van der Waals surface area (Å²) in [5.74, 6) is 0.900. The Morgan fingerprint density at radius 1 is 1.33 bits per heavy atom. The summed E-state index contributed by atoms with van der Waals surface area (Å²) in [6, 6.07) is 8.26. The highest BCUT2D eigenvalue weighted by molar-refractivity contribution is 5.35. The monoisotopic (exact) mass is 252 g/mol. The zero-order valence-electron chi connectivity index (χ0n) is 11.5. The lowest BCUT2D eigenvalue weighted by atomic mass is 10.1. The Morgan fingerprint density at radius 2 is 2.06 bits per heavy atom. The Bertz CT molecular complexity index is 344. The van der Waals surface area contributed by atoms with Crippen molar-refractivity contribution in [1.82, 2.24) is 10.2 Å². The van der Waals surface area contributed by atoms with Crippen molar-refractivity contribution in [3.05, 3.63) is 29.8 Å². The molecular weight excluding hydrogens is 228 g/mol. The fourth-order valence-electron chi connectivity index (χ4n) is 2.09. The Balaban J connectivity index is 2.82. The first-order valence-electron chi connectivity index (χ1n) is 6.37. The molecule has 102 valence electrons. The highest BCUT2D eigenvalue weighted by Crippen LogP contribution is 2.28. The smallest absolute Gasteiger partial charge is 0.123 e. The van der Waals surface area contributed by atoms with Crippen LogP contribution in [0.15, 0.2) is 24.3 Å². The van der Waals surface area contributed by atoms with Crippen LogP contribution in [0, 0.1) is 0 Å². The second-order valence-electron chi connectivity index (χ2n) is 4.28. The predicted molar refractivity (Wildman–Crippen MR) is 74.0 cm³/mol. The van der Waals surface area contributed by atoms with Gasteiger partial charge in [0.1, 0.15) is 5.75 Å². The normalized spacial score (nSPS) is 12.7. The van der Waals surface area contributed by atoms with Gasteiger partial charge in [0.2, 0.25) is 0 Å². The fourth-order valence-corrected chi connectivity index (χ4v) is 2.09. The molecule has 0 heterocycles. The van der Waals surface area contributed by atoms with E-state index in [-0.39, 0.29) is 12.6 Å². The van der Waals surface area contributed by atoms with Crippen LogP contribution in [-0.4, -0.2) is 50.4 Å². The summed E-state index contributed by atoms with van der Waals surface area (Å²) in [6.45, 7) is 4.78. The van der Waals surface area contributed by atoms with Crippen LogP contribution in [0.1, 0.15) is 18.5 Å². The highest BCUT2D eigenvalue weighted by atomic mass is 16.5. The van der Waals surface area contributed by atoms with Gasteiger partial charge in [-0.1, -0.05) is 18.2 Å². The lowest BCUT2D eigenvalue weighted by Gasteiger charge is -2.29. The molecule has 0 aromatic heterocycles. The number of para-hydroxylation sites is 1. The summed E-state index contributed by atoms with van der Waals surface area (Å²) < 4.78 is 5.39. The molecule has 0 saturated carbocycles. The molecule has 1 rings (SSSR count). The molecule has 1 atom stereocenters. The second-order valence-corrected chi connectivity index (χ2v) is 4.28. The van der Waals surface area contributed by atoms with E-state index in [1.807, 2.05) is 25.2 Å². The van der Waals surface area contributed by atoms with Crippen LogP contribution >= 0.6 is 0 Å². The third-order valence-electron chi connectivity index (χ3n) is 3.17. The number of rotatable bonds is 8. The number of hydrogen-bond acceptors (Lipinski definition) is 4. The molecule has 1 aromatic carbocycles. The molecule has 0 radical (unpaired) electrons. The average Bonchev–Trinajstić information content (AvgIpc) is 2.42. The van der Waals surface area contributed by atoms with Gasteiger partial charge in [-0.25, -0.2) is 0 Å². The van der Waals surface area contributed by atoms with Crippen molar-refractivity contribution in [3.63, 3.8) is 0 Å². The van der Waals surface area contributed by atoms with Crippen LogP contribution in [-0.2, 0) is 0 Å². The molecule has 0 fully saturated rings. The summed E-state index contributed by atoms with van der Waals surface area (Å²) in [7, 11) is 3.63. The van der Waals surface area contributed by atoms with E-state index in [0.29, 0.717) is 6.54 Å². The molecule has 0 amide bonds. The van der Waals surface area contributed by atoms with Crippen LogP contribution < -0.4 is 10.1 Å². The minimum atomic E-state index is 0.170. The number of nitrogens with one attached hydrogen (secondary N) is 1. The van der Waals surface area contributed by atoms with Crippen molar-refractivity contribution in [1.29, 1.82) is 0 Å². The lowest BCUT2D eigenvalue weighted by molar-refractivity contribution is 0.158. The van der Waals surface area contributed by atoms with Gasteiger partial charge in [-0.15, -0.1) is 0 Å². The van der Waals surface area contributed by atoms with Crippen molar-refractivity contribution < 1.29 is 9.84 Å². The SMILES string of the molecule is CNCCN(CCO)[C@@H](C)c1ccccc1OC. The molecule has 0 saturated heterocycles. The van der Waals surface area contributed by atoms with E-state index >= 15 is 0 Å². The second kappa shape index (κ2) is 8.08. The highest BCUT2D eigenvalue weighted by Gasteiger charge is 2.17. The summed E-state index contributed by atoms with van der Waals surface area (Å²) >= 11 is 0. The lowest BCUT2D eigenvalue weighted by Crippen LogP contribution is -2.35. The minimum absolute atomic E-state index is 0.170.